The van der Waals surface area contributed by atoms with Gasteiger partial charge in [0, 0.05) is 13.2 Å². The SMILES string of the molecule is CO[C@@H]1CC[C@@H](S(=O)(=O)c2ccc(OCC(F)(F)F)cc2Cl)C1. The largest absolute Gasteiger partial charge is 0.484 e. The molecule has 1 aromatic rings. The molecule has 1 aromatic carbocycles. The van der Waals surface area contributed by atoms with Gasteiger partial charge in [0.15, 0.2) is 16.4 Å². The molecule has 1 aliphatic carbocycles. The van der Waals surface area contributed by atoms with Crippen molar-refractivity contribution in [1.29, 1.82) is 0 Å². The van der Waals surface area contributed by atoms with Crippen LogP contribution < -0.4 is 4.74 Å². The number of sulfone groups is 1. The molecule has 0 radical (unpaired) electrons. The van der Waals surface area contributed by atoms with Crippen molar-refractivity contribution in [3.63, 3.8) is 0 Å². The molecule has 0 N–H and O–H groups in total. The first-order valence-corrected chi connectivity index (χ1v) is 8.81. The van der Waals surface area contributed by atoms with Crippen LogP contribution in [0.5, 0.6) is 5.75 Å². The van der Waals surface area contributed by atoms with Gasteiger partial charge < -0.3 is 9.47 Å². The molecule has 2 rings (SSSR count). The summed E-state index contributed by atoms with van der Waals surface area (Å²) in [6.45, 7) is -1.46. The maximum Gasteiger partial charge on any atom is 0.422 e. The molecule has 0 saturated heterocycles. The van der Waals surface area contributed by atoms with Gasteiger partial charge in [-0.3, -0.25) is 0 Å². The fourth-order valence-electron chi connectivity index (χ4n) is 2.54. The molecule has 0 aliphatic heterocycles. The number of hydrogen-bond acceptors (Lipinski definition) is 4. The minimum Gasteiger partial charge on any atom is -0.484 e. The Morgan fingerprint density at radius 2 is 2.00 bits per heavy atom. The van der Waals surface area contributed by atoms with E-state index in [-0.39, 0.29) is 21.8 Å². The molecule has 0 amide bonds. The summed E-state index contributed by atoms with van der Waals surface area (Å²) in [7, 11) is -2.14. The summed E-state index contributed by atoms with van der Waals surface area (Å²) < 4.78 is 71.2. The van der Waals surface area contributed by atoms with Gasteiger partial charge in [0.25, 0.3) is 0 Å². The first kappa shape index (κ1) is 18.4. The minimum atomic E-state index is -4.48. The van der Waals surface area contributed by atoms with Gasteiger partial charge in [0.2, 0.25) is 0 Å². The summed E-state index contributed by atoms with van der Waals surface area (Å²) in [5.74, 6) is -0.132. The van der Waals surface area contributed by atoms with Crippen LogP contribution in [-0.2, 0) is 14.6 Å². The van der Waals surface area contributed by atoms with Gasteiger partial charge in [0.05, 0.1) is 21.3 Å². The smallest absolute Gasteiger partial charge is 0.422 e. The molecule has 4 nitrogen and oxygen atoms in total. The van der Waals surface area contributed by atoms with E-state index in [0.717, 1.165) is 6.07 Å². The molecule has 23 heavy (non-hydrogen) atoms. The Morgan fingerprint density at radius 3 is 2.52 bits per heavy atom. The fourth-order valence-corrected chi connectivity index (χ4v) is 4.90. The van der Waals surface area contributed by atoms with E-state index in [1.54, 1.807) is 0 Å². The van der Waals surface area contributed by atoms with E-state index >= 15 is 0 Å². The number of rotatable bonds is 5. The van der Waals surface area contributed by atoms with Crippen LogP contribution in [0.4, 0.5) is 13.2 Å². The minimum absolute atomic E-state index is 0.0970. The molecule has 2 atom stereocenters. The van der Waals surface area contributed by atoms with Gasteiger partial charge in [-0.1, -0.05) is 11.6 Å². The van der Waals surface area contributed by atoms with Crippen molar-refractivity contribution in [3.8, 4) is 5.75 Å². The fraction of sp³-hybridized carbons (Fsp3) is 0.571. The van der Waals surface area contributed by atoms with Crippen LogP contribution >= 0.6 is 11.6 Å². The van der Waals surface area contributed by atoms with Gasteiger partial charge in [-0.25, -0.2) is 8.42 Å². The highest BCUT2D eigenvalue weighted by atomic mass is 35.5. The lowest BCUT2D eigenvalue weighted by Crippen LogP contribution is -2.21. The van der Waals surface area contributed by atoms with Crippen molar-refractivity contribution in [2.24, 2.45) is 0 Å². The molecular weight excluding hydrogens is 357 g/mol. The molecular formula is C14H16ClF3O4S. The van der Waals surface area contributed by atoms with Crippen LogP contribution in [0.25, 0.3) is 0 Å². The van der Waals surface area contributed by atoms with Crippen molar-refractivity contribution in [1.82, 2.24) is 0 Å². The number of ether oxygens (including phenoxy) is 2. The first-order valence-electron chi connectivity index (χ1n) is 6.89. The molecule has 0 spiro atoms. The molecule has 0 aromatic heterocycles. The maximum absolute atomic E-state index is 12.6. The Labute approximate surface area is 137 Å². The van der Waals surface area contributed by atoms with Gasteiger partial charge in [-0.05, 0) is 31.4 Å². The van der Waals surface area contributed by atoms with Crippen LogP contribution in [0.3, 0.4) is 0 Å². The monoisotopic (exact) mass is 372 g/mol. The normalized spacial score (nSPS) is 22.3. The molecule has 9 heteroatoms. The molecule has 130 valence electrons. The standard InChI is InChI=1S/C14H16ClF3O4S/c1-21-9-2-4-11(6-9)23(19,20)13-5-3-10(7-12(13)15)22-8-14(16,17)18/h3,5,7,9,11H,2,4,6,8H2,1H3/t9-,11-/m1/s1. The second kappa shape index (κ2) is 6.86. The van der Waals surface area contributed by atoms with E-state index in [2.05, 4.69) is 4.74 Å². The second-order valence-electron chi connectivity index (χ2n) is 5.33. The topological polar surface area (TPSA) is 52.6 Å². The average Bonchev–Trinajstić information content (AvgIpc) is 2.94. The molecule has 0 heterocycles. The number of hydrogen-bond donors (Lipinski definition) is 0. The number of methoxy groups -OCH3 is 1. The van der Waals surface area contributed by atoms with E-state index in [0.29, 0.717) is 19.3 Å². The number of halogens is 4. The van der Waals surface area contributed by atoms with Crippen molar-refractivity contribution in [3.05, 3.63) is 23.2 Å². The molecule has 1 aliphatic rings. The van der Waals surface area contributed by atoms with Crippen LogP contribution in [0, 0.1) is 0 Å². The third kappa shape index (κ3) is 4.51. The summed E-state index contributed by atoms with van der Waals surface area (Å²) in [6, 6.07) is 3.44. The highest BCUT2D eigenvalue weighted by molar-refractivity contribution is 7.92. The number of alkyl halides is 3. The first-order chi connectivity index (χ1) is 10.6. The predicted octanol–water partition coefficient (Wildman–Crippen LogP) is 3.62. The zero-order valence-electron chi connectivity index (χ0n) is 12.3. The van der Waals surface area contributed by atoms with Gasteiger partial charge >= 0.3 is 6.18 Å². The summed E-state index contributed by atoms with van der Waals surface area (Å²) in [5.41, 5.74) is 0. The van der Waals surface area contributed by atoms with Crippen molar-refractivity contribution < 1.29 is 31.1 Å². The second-order valence-corrected chi connectivity index (χ2v) is 7.94. The third-order valence-electron chi connectivity index (χ3n) is 3.72. The zero-order chi connectivity index (χ0) is 17.3. The Hall–Kier alpha value is -0.990. The highest BCUT2D eigenvalue weighted by Crippen LogP contribution is 2.35. The van der Waals surface area contributed by atoms with Crippen molar-refractivity contribution in [2.75, 3.05) is 13.7 Å². The van der Waals surface area contributed by atoms with Crippen LogP contribution in [0.1, 0.15) is 19.3 Å². The summed E-state index contributed by atoms with van der Waals surface area (Å²) >= 11 is 5.94. The zero-order valence-corrected chi connectivity index (χ0v) is 13.8. The molecule has 1 fully saturated rings. The third-order valence-corrected chi connectivity index (χ3v) is 6.42. The van der Waals surface area contributed by atoms with Crippen LogP contribution in [0.15, 0.2) is 23.1 Å². The number of benzene rings is 1. The van der Waals surface area contributed by atoms with E-state index < -0.39 is 27.9 Å². The predicted molar refractivity (Wildman–Crippen MR) is 78.6 cm³/mol. The Bertz CT molecular complexity index is 660. The van der Waals surface area contributed by atoms with Crippen LogP contribution in [-0.4, -0.2) is 39.7 Å². The molecule has 0 unspecified atom stereocenters. The molecule has 0 bridgehead atoms. The van der Waals surface area contributed by atoms with E-state index in [9.17, 15) is 21.6 Å². The Kier molecular flexibility index (Phi) is 5.48. The summed E-state index contributed by atoms with van der Waals surface area (Å²) in [4.78, 5) is -0.0970. The van der Waals surface area contributed by atoms with E-state index in [1.807, 2.05) is 0 Å². The maximum atomic E-state index is 12.6. The highest BCUT2D eigenvalue weighted by Gasteiger charge is 2.36. The molecule has 1 saturated carbocycles. The Morgan fingerprint density at radius 1 is 1.30 bits per heavy atom. The summed E-state index contributed by atoms with van der Waals surface area (Å²) in [6.07, 6.45) is -3.10. The van der Waals surface area contributed by atoms with E-state index in [4.69, 9.17) is 16.3 Å². The average molecular weight is 373 g/mol. The van der Waals surface area contributed by atoms with Gasteiger partial charge in [0.1, 0.15) is 5.75 Å². The van der Waals surface area contributed by atoms with Crippen molar-refractivity contribution >= 4 is 21.4 Å². The lowest BCUT2D eigenvalue weighted by molar-refractivity contribution is -0.153. The summed E-state index contributed by atoms with van der Waals surface area (Å²) in [5, 5.41) is -0.752. The van der Waals surface area contributed by atoms with Crippen molar-refractivity contribution in [2.45, 2.75) is 41.7 Å². The lowest BCUT2D eigenvalue weighted by atomic mass is 10.3. The van der Waals surface area contributed by atoms with E-state index in [1.165, 1.54) is 19.2 Å². The quantitative estimate of drug-likeness (QED) is 0.792. The lowest BCUT2D eigenvalue weighted by Gasteiger charge is -2.15. The van der Waals surface area contributed by atoms with Gasteiger partial charge in [-0.2, -0.15) is 13.2 Å². The Balaban J connectivity index is 2.17. The van der Waals surface area contributed by atoms with Crippen LogP contribution in [0.2, 0.25) is 5.02 Å². The van der Waals surface area contributed by atoms with Gasteiger partial charge in [-0.15, -0.1) is 0 Å².